The van der Waals surface area contributed by atoms with E-state index < -0.39 is 16.0 Å². The van der Waals surface area contributed by atoms with Crippen LogP contribution in [0.3, 0.4) is 0 Å². The molecule has 8 heteroatoms. The number of thiophene rings is 1. The number of piperidine rings is 1. The van der Waals surface area contributed by atoms with Gasteiger partial charge in [-0.05, 0) is 31.3 Å². The van der Waals surface area contributed by atoms with Crippen molar-refractivity contribution in [1.29, 1.82) is 0 Å². The number of hydrogen-bond acceptors (Lipinski definition) is 6. The van der Waals surface area contributed by atoms with Gasteiger partial charge in [-0.1, -0.05) is 0 Å². The maximum atomic E-state index is 12.6. The third-order valence-corrected chi connectivity index (χ3v) is 6.44. The largest absolute Gasteiger partial charge is 0.465 e. The SMILES string of the molecule is CNC1CCN(S(=O)(=O)c2ccsc2C(=O)OC)CC1. The summed E-state index contributed by atoms with van der Waals surface area (Å²) < 4.78 is 31.2. The van der Waals surface area contributed by atoms with Crippen LogP contribution in [0.2, 0.25) is 0 Å². The standard InChI is InChI=1S/C12H18N2O4S2/c1-13-9-3-6-14(7-4-9)20(16,17)10-5-8-19-11(10)12(15)18-2/h5,8-9,13H,3-4,6-7H2,1-2H3. The molecular formula is C12H18N2O4S2. The number of nitrogens with zero attached hydrogens (tertiary/aromatic N) is 1. The second-order valence-electron chi connectivity index (χ2n) is 4.57. The Balaban J connectivity index is 2.23. The highest BCUT2D eigenvalue weighted by molar-refractivity contribution is 7.89. The molecule has 0 atom stereocenters. The van der Waals surface area contributed by atoms with Gasteiger partial charge in [-0.3, -0.25) is 0 Å². The minimum Gasteiger partial charge on any atom is -0.465 e. The minimum atomic E-state index is -3.62. The quantitative estimate of drug-likeness (QED) is 0.835. The average Bonchev–Trinajstić information content (AvgIpc) is 2.96. The Morgan fingerprint density at radius 3 is 2.65 bits per heavy atom. The Bertz CT molecular complexity index is 574. The van der Waals surface area contributed by atoms with E-state index in [0.717, 1.165) is 24.2 Å². The Kier molecular flexibility index (Phi) is 4.79. The van der Waals surface area contributed by atoms with Gasteiger partial charge in [0, 0.05) is 19.1 Å². The molecule has 6 nitrogen and oxygen atoms in total. The monoisotopic (exact) mass is 318 g/mol. The number of hydrogen-bond donors (Lipinski definition) is 1. The topological polar surface area (TPSA) is 75.7 Å². The van der Waals surface area contributed by atoms with Crippen molar-refractivity contribution in [3.63, 3.8) is 0 Å². The number of nitrogens with one attached hydrogen (secondary N) is 1. The molecule has 1 N–H and O–H groups in total. The van der Waals surface area contributed by atoms with Gasteiger partial charge in [-0.15, -0.1) is 11.3 Å². The molecule has 1 aliphatic heterocycles. The van der Waals surface area contributed by atoms with Crippen LogP contribution < -0.4 is 5.32 Å². The van der Waals surface area contributed by atoms with E-state index in [0.29, 0.717) is 19.1 Å². The van der Waals surface area contributed by atoms with Gasteiger partial charge in [-0.25, -0.2) is 13.2 Å². The molecule has 0 spiro atoms. The number of carbonyl (C=O) groups excluding carboxylic acids is 1. The Labute approximate surface area is 122 Å². The molecule has 1 aromatic heterocycles. The first kappa shape index (κ1) is 15.4. The Morgan fingerprint density at radius 1 is 1.45 bits per heavy atom. The van der Waals surface area contributed by atoms with Crippen LogP contribution in [0.5, 0.6) is 0 Å². The summed E-state index contributed by atoms with van der Waals surface area (Å²) in [5.74, 6) is -0.608. The van der Waals surface area contributed by atoms with Crippen LogP contribution in [0.1, 0.15) is 22.5 Å². The number of ether oxygens (including phenoxy) is 1. The van der Waals surface area contributed by atoms with Crippen molar-refractivity contribution >= 4 is 27.3 Å². The van der Waals surface area contributed by atoms with Crippen LogP contribution in [0.25, 0.3) is 0 Å². The fourth-order valence-electron chi connectivity index (χ4n) is 2.27. The highest BCUT2D eigenvalue weighted by Gasteiger charge is 2.32. The Morgan fingerprint density at radius 2 is 2.10 bits per heavy atom. The predicted octanol–water partition coefficient (Wildman–Crippen LogP) is 0.907. The van der Waals surface area contributed by atoms with E-state index in [1.165, 1.54) is 17.5 Å². The summed E-state index contributed by atoms with van der Waals surface area (Å²) in [4.78, 5) is 11.8. The lowest BCUT2D eigenvalue weighted by atomic mass is 10.1. The van der Waals surface area contributed by atoms with Gasteiger partial charge < -0.3 is 10.1 Å². The van der Waals surface area contributed by atoms with Crippen molar-refractivity contribution in [2.45, 2.75) is 23.8 Å². The first-order chi connectivity index (χ1) is 9.50. The van der Waals surface area contributed by atoms with Gasteiger partial charge in [0.25, 0.3) is 0 Å². The molecule has 1 saturated heterocycles. The molecule has 0 aromatic carbocycles. The second-order valence-corrected chi connectivity index (χ2v) is 7.40. The molecule has 0 unspecified atom stereocenters. The summed E-state index contributed by atoms with van der Waals surface area (Å²) in [5, 5.41) is 4.75. The summed E-state index contributed by atoms with van der Waals surface area (Å²) in [6.45, 7) is 0.925. The summed E-state index contributed by atoms with van der Waals surface area (Å²) in [6, 6.07) is 1.82. The maximum absolute atomic E-state index is 12.6. The van der Waals surface area contributed by atoms with Crippen molar-refractivity contribution in [1.82, 2.24) is 9.62 Å². The number of sulfonamides is 1. The van der Waals surface area contributed by atoms with Crippen molar-refractivity contribution in [2.75, 3.05) is 27.2 Å². The van der Waals surface area contributed by atoms with E-state index in [1.807, 2.05) is 7.05 Å². The molecule has 0 radical (unpaired) electrons. The van der Waals surface area contributed by atoms with Gasteiger partial charge in [-0.2, -0.15) is 4.31 Å². The van der Waals surface area contributed by atoms with Crippen molar-refractivity contribution in [2.24, 2.45) is 0 Å². The van der Waals surface area contributed by atoms with E-state index in [1.54, 1.807) is 5.38 Å². The lowest BCUT2D eigenvalue weighted by molar-refractivity contribution is 0.0602. The van der Waals surface area contributed by atoms with Crippen LogP contribution >= 0.6 is 11.3 Å². The second kappa shape index (κ2) is 6.21. The number of carbonyl (C=O) groups is 1. The lowest BCUT2D eigenvalue weighted by Crippen LogP contribution is -2.44. The van der Waals surface area contributed by atoms with Crippen molar-refractivity contribution in [3.8, 4) is 0 Å². The van der Waals surface area contributed by atoms with Crippen LogP contribution in [0.4, 0.5) is 0 Å². The Hall–Kier alpha value is -0.960. The molecule has 1 fully saturated rings. The summed E-state index contributed by atoms with van der Waals surface area (Å²) in [5.41, 5.74) is 0. The lowest BCUT2D eigenvalue weighted by Gasteiger charge is -2.30. The van der Waals surface area contributed by atoms with Gasteiger partial charge in [0.2, 0.25) is 10.0 Å². The third kappa shape index (κ3) is 2.88. The number of rotatable bonds is 4. The molecule has 0 bridgehead atoms. The summed E-state index contributed by atoms with van der Waals surface area (Å²) >= 11 is 1.09. The maximum Gasteiger partial charge on any atom is 0.349 e. The molecule has 1 aromatic rings. The molecule has 1 aliphatic rings. The molecule has 0 aliphatic carbocycles. The fraction of sp³-hybridized carbons (Fsp3) is 0.583. The van der Waals surface area contributed by atoms with Gasteiger partial charge in [0.15, 0.2) is 0 Å². The summed E-state index contributed by atoms with van der Waals surface area (Å²) in [6.07, 6.45) is 1.54. The zero-order valence-electron chi connectivity index (χ0n) is 11.5. The molecule has 2 heterocycles. The predicted molar refractivity (Wildman–Crippen MR) is 76.5 cm³/mol. The van der Waals surface area contributed by atoms with Gasteiger partial charge in [0.05, 0.1) is 7.11 Å². The molecule has 0 amide bonds. The van der Waals surface area contributed by atoms with E-state index in [9.17, 15) is 13.2 Å². The zero-order chi connectivity index (χ0) is 14.8. The molecule has 2 rings (SSSR count). The highest BCUT2D eigenvalue weighted by Crippen LogP contribution is 2.27. The van der Waals surface area contributed by atoms with Crippen molar-refractivity contribution < 1.29 is 17.9 Å². The number of esters is 1. The average molecular weight is 318 g/mol. The summed E-state index contributed by atoms with van der Waals surface area (Å²) in [7, 11) is -0.496. The van der Waals surface area contributed by atoms with E-state index in [-0.39, 0.29) is 9.77 Å². The van der Waals surface area contributed by atoms with Crippen LogP contribution in [0, 0.1) is 0 Å². The first-order valence-corrected chi connectivity index (χ1v) is 8.66. The van der Waals surface area contributed by atoms with Crippen LogP contribution in [-0.2, 0) is 14.8 Å². The van der Waals surface area contributed by atoms with E-state index in [2.05, 4.69) is 10.1 Å². The van der Waals surface area contributed by atoms with E-state index >= 15 is 0 Å². The highest BCUT2D eigenvalue weighted by atomic mass is 32.2. The molecular weight excluding hydrogens is 300 g/mol. The third-order valence-electron chi connectivity index (χ3n) is 3.48. The zero-order valence-corrected chi connectivity index (χ0v) is 13.1. The van der Waals surface area contributed by atoms with Crippen LogP contribution in [0.15, 0.2) is 16.3 Å². The van der Waals surface area contributed by atoms with Gasteiger partial charge >= 0.3 is 5.97 Å². The number of methoxy groups -OCH3 is 1. The van der Waals surface area contributed by atoms with Crippen LogP contribution in [-0.4, -0.2) is 52.0 Å². The fourth-order valence-corrected chi connectivity index (χ4v) is 5.04. The minimum absolute atomic E-state index is 0.0530. The first-order valence-electron chi connectivity index (χ1n) is 6.34. The van der Waals surface area contributed by atoms with Gasteiger partial charge in [0.1, 0.15) is 9.77 Å². The molecule has 112 valence electrons. The van der Waals surface area contributed by atoms with E-state index in [4.69, 9.17) is 0 Å². The smallest absolute Gasteiger partial charge is 0.349 e. The molecule has 0 saturated carbocycles. The molecule has 20 heavy (non-hydrogen) atoms. The normalized spacial score (nSPS) is 18.1. The van der Waals surface area contributed by atoms with Crippen molar-refractivity contribution in [3.05, 3.63) is 16.3 Å².